The molecule has 1 aromatic carbocycles. The Morgan fingerprint density at radius 3 is 2.21 bits per heavy atom. The number of rotatable bonds is 10. The van der Waals surface area contributed by atoms with Gasteiger partial charge >= 0.3 is 0 Å². The molecule has 9 heteroatoms. The number of benzene rings is 1. The van der Waals surface area contributed by atoms with E-state index in [2.05, 4.69) is 19.2 Å². The number of hydrogen-bond acceptors (Lipinski definition) is 4. The molecule has 1 N–H and O–H groups in total. The molecule has 0 bridgehead atoms. The van der Waals surface area contributed by atoms with Crippen molar-refractivity contribution >= 4 is 33.4 Å². The molecule has 0 spiro atoms. The molecule has 158 valence electrons. The molecule has 7 nitrogen and oxygen atoms in total. The third-order valence-corrected chi connectivity index (χ3v) is 5.89. The summed E-state index contributed by atoms with van der Waals surface area (Å²) in [5.41, 5.74) is 0.793. The molecule has 0 aromatic heterocycles. The Balaban J connectivity index is 2.96. The molecule has 0 aliphatic rings. The van der Waals surface area contributed by atoms with Crippen LogP contribution in [0.5, 0.6) is 0 Å². The average Bonchev–Trinajstić information content (AvgIpc) is 2.59. The van der Waals surface area contributed by atoms with Gasteiger partial charge in [-0.05, 0) is 37.0 Å². The Morgan fingerprint density at radius 2 is 1.71 bits per heavy atom. The minimum absolute atomic E-state index is 0.173. The molecule has 0 radical (unpaired) electrons. The van der Waals surface area contributed by atoms with Gasteiger partial charge in [-0.2, -0.15) is 4.31 Å². The van der Waals surface area contributed by atoms with Crippen LogP contribution >= 0.6 is 11.6 Å². The zero-order chi connectivity index (χ0) is 21.5. The lowest BCUT2D eigenvalue weighted by atomic mass is 10.1. The second kappa shape index (κ2) is 10.8. The number of carbonyl (C=O) groups is 2. The van der Waals surface area contributed by atoms with E-state index >= 15 is 0 Å². The number of nitrogens with one attached hydrogen (secondary N) is 1. The van der Waals surface area contributed by atoms with Gasteiger partial charge in [0.05, 0.1) is 12.8 Å². The molecule has 1 aromatic rings. The van der Waals surface area contributed by atoms with Crippen molar-refractivity contribution < 1.29 is 18.0 Å². The standard InChI is InChI=1S/C19H30ClN3O4S/c1-14(2)10-11-21-19(25)15(3)23(12-16-6-8-17(20)9-7-16)18(24)13-22(4)28(5,26)27/h6-9,14-15H,10-13H2,1-5H3,(H,21,25)/t15-/m1/s1. The normalized spacial score (nSPS) is 12.9. The SMILES string of the molecule is CC(C)CCNC(=O)[C@@H](C)N(Cc1ccc(Cl)cc1)C(=O)CN(C)S(C)(=O)=O. The Kier molecular flexibility index (Phi) is 9.39. The molecule has 0 heterocycles. The molecule has 0 fully saturated rings. The summed E-state index contributed by atoms with van der Waals surface area (Å²) >= 11 is 5.91. The van der Waals surface area contributed by atoms with Crippen LogP contribution in [0.4, 0.5) is 0 Å². The quantitative estimate of drug-likeness (QED) is 0.614. The van der Waals surface area contributed by atoms with Gasteiger partial charge in [0.1, 0.15) is 6.04 Å². The first-order valence-corrected chi connectivity index (χ1v) is 11.4. The van der Waals surface area contributed by atoms with E-state index in [1.165, 1.54) is 11.9 Å². The van der Waals surface area contributed by atoms with Crippen LogP contribution in [0, 0.1) is 5.92 Å². The summed E-state index contributed by atoms with van der Waals surface area (Å²) in [5, 5.41) is 3.41. The second-order valence-corrected chi connectivity index (χ2v) is 9.84. The topological polar surface area (TPSA) is 86.8 Å². The van der Waals surface area contributed by atoms with E-state index in [0.717, 1.165) is 22.5 Å². The zero-order valence-corrected chi connectivity index (χ0v) is 18.7. The Bertz CT molecular complexity index is 766. The Labute approximate surface area is 173 Å². The van der Waals surface area contributed by atoms with Crippen molar-refractivity contribution in [2.24, 2.45) is 5.92 Å². The van der Waals surface area contributed by atoms with Crippen molar-refractivity contribution in [2.45, 2.75) is 39.8 Å². The summed E-state index contributed by atoms with van der Waals surface area (Å²) in [7, 11) is -2.18. The highest BCUT2D eigenvalue weighted by Gasteiger charge is 2.28. The van der Waals surface area contributed by atoms with E-state index < -0.39 is 22.0 Å². The first-order valence-electron chi connectivity index (χ1n) is 9.14. The Morgan fingerprint density at radius 1 is 1.14 bits per heavy atom. The number of amides is 2. The van der Waals surface area contributed by atoms with Crippen molar-refractivity contribution in [1.29, 1.82) is 0 Å². The molecule has 0 saturated heterocycles. The van der Waals surface area contributed by atoms with Crippen LogP contribution in [0.25, 0.3) is 0 Å². The van der Waals surface area contributed by atoms with Gasteiger partial charge in [0.25, 0.3) is 0 Å². The molecule has 1 atom stereocenters. The summed E-state index contributed by atoms with van der Waals surface area (Å²) in [6, 6.07) is 6.20. The van der Waals surface area contributed by atoms with E-state index in [0.29, 0.717) is 17.5 Å². The number of halogens is 1. The highest BCUT2D eigenvalue weighted by Crippen LogP contribution is 2.14. The predicted molar refractivity (Wildman–Crippen MR) is 111 cm³/mol. The number of nitrogens with zero attached hydrogens (tertiary/aromatic N) is 2. The summed E-state index contributed by atoms with van der Waals surface area (Å²) in [6.07, 6.45) is 1.87. The van der Waals surface area contributed by atoms with Crippen LogP contribution < -0.4 is 5.32 Å². The first-order chi connectivity index (χ1) is 12.9. The highest BCUT2D eigenvalue weighted by atomic mass is 35.5. The molecule has 28 heavy (non-hydrogen) atoms. The minimum atomic E-state index is -3.51. The lowest BCUT2D eigenvalue weighted by molar-refractivity contribution is -0.140. The number of sulfonamides is 1. The number of carbonyl (C=O) groups excluding carboxylic acids is 2. The fourth-order valence-electron chi connectivity index (χ4n) is 2.40. The summed E-state index contributed by atoms with van der Waals surface area (Å²) < 4.78 is 24.3. The van der Waals surface area contributed by atoms with Crippen molar-refractivity contribution in [3.63, 3.8) is 0 Å². The smallest absolute Gasteiger partial charge is 0.242 e. The van der Waals surface area contributed by atoms with Gasteiger partial charge in [0, 0.05) is 25.2 Å². The molecule has 0 aliphatic heterocycles. The van der Waals surface area contributed by atoms with E-state index in [4.69, 9.17) is 11.6 Å². The number of likely N-dealkylation sites (N-methyl/N-ethyl adjacent to an activating group) is 1. The van der Waals surface area contributed by atoms with Crippen LogP contribution in [0.1, 0.15) is 32.8 Å². The van der Waals surface area contributed by atoms with Gasteiger partial charge in [-0.15, -0.1) is 0 Å². The third kappa shape index (κ3) is 8.16. The largest absolute Gasteiger partial charge is 0.354 e. The van der Waals surface area contributed by atoms with E-state index in [1.807, 2.05) is 0 Å². The van der Waals surface area contributed by atoms with Crippen molar-refractivity contribution in [1.82, 2.24) is 14.5 Å². The maximum absolute atomic E-state index is 12.8. The van der Waals surface area contributed by atoms with Gasteiger partial charge in [-0.1, -0.05) is 37.6 Å². The fourth-order valence-corrected chi connectivity index (χ4v) is 2.87. The highest BCUT2D eigenvalue weighted by molar-refractivity contribution is 7.88. The van der Waals surface area contributed by atoms with Crippen LogP contribution in [0.2, 0.25) is 5.02 Å². The molecular formula is C19H30ClN3O4S. The predicted octanol–water partition coefficient (Wildman–Crippen LogP) is 2.11. The number of hydrogen-bond donors (Lipinski definition) is 1. The van der Waals surface area contributed by atoms with Crippen molar-refractivity contribution in [3.8, 4) is 0 Å². The lowest BCUT2D eigenvalue weighted by Crippen LogP contribution is -2.50. The molecule has 0 unspecified atom stereocenters. The van der Waals surface area contributed by atoms with Gasteiger partial charge in [0.15, 0.2) is 0 Å². The van der Waals surface area contributed by atoms with E-state index in [1.54, 1.807) is 31.2 Å². The van der Waals surface area contributed by atoms with Crippen LogP contribution in [0.15, 0.2) is 24.3 Å². The van der Waals surface area contributed by atoms with Crippen molar-refractivity contribution in [3.05, 3.63) is 34.9 Å². The van der Waals surface area contributed by atoms with Gasteiger partial charge in [-0.3, -0.25) is 9.59 Å². The summed E-state index contributed by atoms with van der Waals surface area (Å²) in [6.45, 7) is 6.12. The third-order valence-electron chi connectivity index (χ3n) is 4.38. The Hall–Kier alpha value is -1.64. The zero-order valence-electron chi connectivity index (χ0n) is 17.1. The second-order valence-electron chi connectivity index (χ2n) is 7.32. The van der Waals surface area contributed by atoms with Crippen LogP contribution in [0.3, 0.4) is 0 Å². The molecule has 0 aliphatic carbocycles. The van der Waals surface area contributed by atoms with Crippen LogP contribution in [-0.4, -0.2) is 61.9 Å². The monoisotopic (exact) mass is 431 g/mol. The molecule has 1 rings (SSSR count). The average molecular weight is 432 g/mol. The molecule has 2 amide bonds. The maximum atomic E-state index is 12.8. The molecular weight excluding hydrogens is 402 g/mol. The fraction of sp³-hybridized carbons (Fsp3) is 0.579. The van der Waals surface area contributed by atoms with E-state index in [9.17, 15) is 18.0 Å². The van der Waals surface area contributed by atoms with Crippen molar-refractivity contribution in [2.75, 3.05) is 26.4 Å². The van der Waals surface area contributed by atoms with Crippen LogP contribution in [-0.2, 0) is 26.2 Å². The van der Waals surface area contributed by atoms with Gasteiger partial charge in [-0.25, -0.2) is 8.42 Å². The first kappa shape index (κ1) is 24.4. The van der Waals surface area contributed by atoms with E-state index in [-0.39, 0.29) is 19.0 Å². The molecule has 0 saturated carbocycles. The van der Waals surface area contributed by atoms with Gasteiger partial charge < -0.3 is 10.2 Å². The van der Waals surface area contributed by atoms with Gasteiger partial charge in [0.2, 0.25) is 21.8 Å². The minimum Gasteiger partial charge on any atom is -0.354 e. The lowest BCUT2D eigenvalue weighted by Gasteiger charge is -2.30. The maximum Gasteiger partial charge on any atom is 0.242 e. The summed E-state index contributed by atoms with van der Waals surface area (Å²) in [5.74, 6) is -0.273. The summed E-state index contributed by atoms with van der Waals surface area (Å²) in [4.78, 5) is 26.7.